The van der Waals surface area contributed by atoms with Crippen molar-refractivity contribution in [1.29, 1.82) is 0 Å². The zero-order valence-electron chi connectivity index (χ0n) is 9.41. The molecule has 0 saturated carbocycles. The van der Waals surface area contributed by atoms with Crippen LogP contribution in [0.25, 0.3) is 10.2 Å². The summed E-state index contributed by atoms with van der Waals surface area (Å²) < 4.78 is 23.8. The van der Waals surface area contributed by atoms with Crippen LogP contribution in [-0.2, 0) is 9.84 Å². The molecule has 2 aromatic rings. The highest BCUT2D eigenvalue weighted by Crippen LogP contribution is 2.27. The average molecular weight is 284 g/mol. The summed E-state index contributed by atoms with van der Waals surface area (Å²) >= 11 is 1.46. The highest BCUT2D eigenvalue weighted by molar-refractivity contribution is 7.91. The maximum atomic E-state index is 11.4. The first-order chi connectivity index (χ1) is 8.53. The molecule has 18 heavy (non-hydrogen) atoms. The number of thiazole rings is 1. The predicted octanol–water partition coefficient (Wildman–Crippen LogP) is 0.866. The Labute approximate surface area is 108 Å². The molecule has 1 fully saturated rings. The molecule has 2 N–H and O–H groups in total. The Balaban J connectivity index is 1.84. The van der Waals surface area contributed by atoms with Gasteiger partial charge >= 0.3 is 0 Å². The first-order valence-corrected chi connectivity index (χ1v) is 8.18. The Morgan fingerprint density at radius 1 is 1.33 bits per heavy atom. The van der Waals surface area contributed by atoms with Crippen molar-refractivity contribution >= 4 is 36.5 Å². The van der Waals surface area contributed by atoms with E-state index in [0.717, 1.165) is 10.2 Å². The van der Waals surface area contributed by atoms with E-state index in [1.165, 1.54) is 11.3 Å². The van der Waals surface area contributed by atoms with Crippen LogP contribution in [0.1, 0.15) is 0 Å². The molecular formula is C11H12N2O3S2. The molecule has 0 radical (unpaired) electrons. The average Bonchev–Trinajstić information content (AvgIpc) is 2.79. The molecular weight excluding hydrogens is 272 g/mol. The zero-order valence-corrected chi connectivity index (χ0v) is 11.0. The van der Waals surface area contributed by atoms with Gasteiger partial charge in [-0.2, -0.15) is 0 Å². The van der Waals surface area contributed by atoms with Crippen LogP contribution in [-0.4, -0.2) is 42.2 Å². The van der Waals surface area contributed by atoms with Crippen LogP contribution in [0.4, 0.5) is 5.13 Å². The van der Waals surface area contributed by atoms with E-state index < -0.39 is 22.0 Å². The van der Waals surface area contributed by atoms with Crippen molar-refractivity contribution in [2.45, 2.75) is 12.1 Å². The third-order valence-electron chi connectivity index (χ3n) is 2.93. The number of anilines is 1. The maximum absolute atomic E-state index is 11.4. The number of aliphatic hydroxyl groups excluding tert-OH is 1. The minimum absolute atomic E-state index is 0.0376. The Kier molecular flexibility index (Phi) is 2.76. The number of para-hydroxylation sites is 1. The Morgan fingerprint density at radius 2 is 2.11 bits per heavy atom. The fourth-order valence-electron chi connectivity index (χ4n) is 2.06. The van der Waals surface area contributed by atoms with Gasteiger partial charge in [0.15, 0.2) is 15.0 Å². The first-order valence-electron chi connectivity index (χ1n) is 5.54. The van der Waals surface area contributed by atoms with Gasteiger partial charge in [0, 0.05) is 0 Å². The molecule has 2 atom stereocenters. The highest BCUT2D eigenvalue weighted by Gasteiger charge is 2.36. The van der Waals surface area contributed by atoms with Crippen molar-refractivity contribution in [2.75, 3.05) is 16.8 Å². The third kappa shape index (κ3) is 2.21. The fourth-order valence-corrected chi connectivity index (χ4v) is 4.73. The first kappa shape index (κ1) is 11.9. The van der Waals surface area contributed by atoms with E-state index in [-0.39, 0.29) is 11.5 Å². The van der Waals surface area contributed by atoms with E-state index in [4.69, 9.17) is 0 Å². The van der Waals surface area contributed by atoms with Crippen LogP contribution >= 0.6 is 11.3 Å². The van der Waals surface area contributed by atoms with Crippen LogP contribution in [0.5, 0.6) is 0 Å². The van der Waals surface area contributed by atoms with E-state index in [0.29, 0.717) is 5.13 Å². The van der Waals surface area contributed by atoms with Crippen molar-refractivity contribution in [1.82, 2.24) is 4.98 Å². The number of nitrogens with zero attached hydrogens (tertiary/aromatic N) is 1. The molecule has 0 amide bonds. The second-order valence-electron chi connectivity index (χ2n) is 4.38. The number of benzene rings is 1. The largest absolute Gasteiger partial charge is 0.390 e. The van der Waals surface area contributed by atoms with Gasteiger partial charge in [-0.05, 0) is 12.1 Å². The number of rotatable bonds is 2. The van der Waals surface area contributed by atoms with Crippen LogP contribution in [0.2, 0.25) is 0 Å². The molecule has 1 saturated heterocycles. The van der Waals surface area contributed by atoms with Crippen LogP contribution < -0.4 is 5.32 Å². The van der Waals surface area contributed by atoms with Gasteiger partial charge < -0.3 is 10.4 Å². The normalized spacial score (nSPS) is 26.5. The Bertz CT molecular complexity index is 647. The number of hydrogen-bond donors (Lipinski definition) is 2. The lowest BCUT2D eigenvalue weighted by molar-refractivity contribution is 0.190. The van der Waals surface area contributed by atoms with E-state index in [9.17, 15) is 13.5 Å². The minimum atomic E-state index is -3.13. The van der Waals surface area contributed by atoms with Crippen molar-refractivity contribution in [3.8, 4) is 0 Å². The predicted molar refractivity (Wildman–Crippen MR) is 71.7 cm³/mol. The third-order valence-corrected chi connectivity index (χ3v) is 5.61. The molecule has 7 heteroatoms. The topological polar surface area (TPSA) is 79.3 Å². The second-order valence-corrected chi connectivity index (χ2v) is 7.57. The fraction of sp³-hybridized carbons (Fsp3) is 0.364. The van der Waals surface area contributed by atoms with Gasteiger partial charge in [0.05, 0.1) is 33.9 Å². The van der Waals surface area contributed by atoms with E-state index in [2.05, 4.69) is 10.3 Å². The lowest BCUT2D eigenvalue weighted by atomic mass is 10.2. The summed E-state index contributed by atoms with van der Waals surface area (Å²) in [5.41, 5.74) is 0.875. The molecule has 2 heterocycles. The molecule has 0 bridgehead atoms. The van der Waals surface area contributed by atoms with Gasteiger partial charge in [0.25, 0.3) is 0 Å². The lowest BCUT2D eigenvalue weighted by Crippen LogP contribution is -2.31. The number of aromatic nitrogens is 1. The molecule has 1 aliphatic heterocycles. The number of sulfone groups is 1. The molecule has 1 aliphatic rings. The van der Waals surface area contributed by atoms with Crippen LogP contribution in [0.15, 0.2) is 24.3 Å². The second kappa shape index (κ2) is 4.18. The minimum Gasteiger partial charge on any atom is -0.390 e. The number of hydrogen-bond acceptors (Lipinski definition) is 6. The number of aliphatic hydroxyl groups is 1. The monoisotopic (exact) mass is 284 g/mol. The molecule has 3 rings (SSSR count). The molecule has 1 aromatic carbocycles. The van der Waals surface area contributed by atoms with E-state index in [1.807, 2.05) is 24.3 Å². The van der Waals surface area contributed by atoms with Gasteiger partial charge in [0.2, 0.25) is 0 Å². The summed E-state index contributed by atoms with van der Waals surface area (Å²) in [6.45, 7) is 0. The molecule has 0 spiro atoms. The van der Waals surface area contributed by atoms with Crippen LogP contribution in [0.3, 0.4) is 0 Å². The Hall–Kier alpha value is -1.18. The summed E-state index contributed by atoms with van der Waals surface area (Å²) in [6, 6.07) is 7.23. The smallest absolute Gasteiger partial charge is 0.184 e. The maximum Gasteiger partial charge on any atom is 0.184 e. The summed E-state index contributed by atoms with van der Waals surface area (Å²) in [7, 11) is -3.13. The quantitative estimate of drug-likeness (QED) is 0.855. The van der Waals surface area contributed by atoms with Gasteiger partial charge in [0.1, 0.15) is 0 Å². The van der Waals surface area contributed by atoms with Crippen molar-refractivity contribution in [3.63, 3.8) is 0 Å². The van der Waals surface area contributed by atoms with Crippen LogP contribution in [0, 0.1) is 0 Å². The molecule has 1 aromatic heterocycles. The standard InChI is InChI=1S/C11H12N2O3S2/c14-9-6-18(15,16)5-8(9)13-11-12-7-3-1-2-4-10(7)17-11/h1-4,8-9,14H,5-6H2,(H,12,13)/t8-,9-/m1/s1. The van der Waals surface area contributed by atoms with Gasteiger partial charge in [-0.25, -0.2) is 13.4 Å². The van der Waals surface area contributed by atoms with Gasteiger partial charge in [-0.15, -0.1) is 0 Å². The molecule has 0 aliphatic carbocycles. The highest BCUT2D eigenvalue weighted by atomic mass is 32.2. The van der Waals surface area contributed by atoms with Crippen molar-refractivity contribution in [3.05, 3.63) is 24.3 Å². The number of nitrogens with one attached hydrogen (secondary N) is 1. The summed E-state index contributed by atoms with van der Waals surface area (Å²) in [5.74, 6) is -0.209. The molecule has 5 nitrogen and oxygen atoms in total. The van der Waals surface area contributed by atoms with Crippen molar-refractivity contribution < 1.29 is 13.5 Å². The summed E-state index contributed by atoms with van der Waals surface area (Å²) in [6.07, 6.45) is -0.859. The molecule has 0 unspecified atom stereocenters. The summed E-state index contributed by atoms with van der Waals surface area (Å²) in [5, 5.41) is 13.4. The van der Waals surface area contributed by atoms with E-state index in [1.54, 1.807) is 0 Å². The number of fused-ring (bicyclic) bond motifs is 1. The van der Waals surface area contributed by atoms with E-state index >= 15 is 0 Å². The lowest BCUT2D eigenvalue weighted by Gasteiger charge is -2.13. The van der Waals surface area contributed by atoms with Gasteiger partial charge in [-0.3, -0.25) is 0 Å². The van der Waals surface area contributed by atoms with Crippen molar-refractivity contribution in [2.24, 2.45) is 0 Å². The summed E-state index contributed by atoms with van der Waals surface area (Å²) in [4.78, 5) is 4.36. The SMILES string of the molecule is O=S1(=O)C[C@@H](O)[C@H](Nc2nc3ccccc3s2)C1. The molecule has 96 valence electrons. The van der Waals surface area contributed by atoms with Gasteiger partial charge in [-0.1, -0.05) is 23.5 Å². The zero-order chi connectivity index (χ0) is 12.8. The Morgan fingerprint density at radius 3 is 2.78 bits per heavy atom.